The van der Waals surface area contributed by atoms with Gasteiger partial charge in [-0.2, -0.15) is 0 Å². The predicted molar refractivity (Wildman–Crippen MR) is 122 cm³/mol. The number of rotatable bonds is 7. The maximum Gasteiger partial charge on any atom is 0.259 e. The molecule has 168 valence electrons. The van der Waals surface area contributed by atoms with Gasteiger partial charge in [0.1, 0.15) is 5.75 Å². The number of halogens is 1. The van der Waals surface area contributed by atoms with E-state index in [0.717, 1.165) is 23.3 Å². The smallest absolute Gasteiger partial charge is 0.259 e. The minimum atomic E-state index is -0.407. The van der Waals surface area contributed by atoms with Gasteiger partial charge in [-0.15, -0.1) is 0 Å². The number of ether oxygens (including phenoxy) is 1. The molecule has 1 fully saturated rings. The molecule has 1 aromatic rings. The third kappa shape index (κ3) is 3.88. The molecule has 1 aromatic carbocycles. The first-order valence-electron chi connectivity index (χ1n) is 11.0. The standard InChI is InChI=1S/C25H27ClN2O4/c1-4-10-27-22(30)13-32-21-9-8-15(11-18(21)26)16-6-5-7-17-23(16)19-12-20(29)24(14(2)3)28(19)25(17)31/h5-9,11,14,16,24H,4,10,12-13H2,1-3H3,(H,27,30). The van der Waals surface area contributed by atoms with Crippen molar-refractivity contribution >= 4 is 29.2 Å². The molecule has 1 saturated heterocycles. The van der Waals surface area contributed by atoms with Crippen LogP contribution in [0.25, 0.3) is 0 Å². The zero-order valence-electron chi connectivity index (χ0n) is 18.5. The summed E-state index contributed by atoms with van der Waals surface area (Å²) in [5.74, 6) is 0.0907. The number of fused-ring (bicyclic) bond motifs is 2. The first kappa shape index (κ1) is 22.3. The maximum absolute atomic E-state index is 13.1. The number of nitrogens with one attached hydrogen (secondary N) is 1. The summed E-state index contributed by atoms with van der Waals surface area (Å²) < 4.78 is 5.57. The molecule has 4 rings (SSSR count). The van der Waals surface area contributed by atoms with Crippen LogP contribution in [0.15, 0.2) is 53.3 Å². The summed E-state index contributed by atoms with van der Waals surface area (Å²) in [5, 5.41) is 3.15. The van der Waals surface area contributed by atoms with E-state index in [-0.39, 0.29) is 42.5 Å². The van der Waals surface area contributed by atoms with E-state index in [0.29, 0.717) is 22.9 Å². The van der Waals surface area contributed by atoms with Crippen molar-refractivity contribution in [1.29, 1.82) is 0 Å². The molecule has 0 spiro atoms. The Balaban J connectivity index is 1.60. The van der Waals surface area contributed by atoms with E-state index in [2.05, 4.69) is 5.32 Å². The number of carbonyl (C=O) groups is 3. The van der Waals surface area contributed by atoms with E-state index in [1.807, 2.05) is 45.1 Å². The van der Waals surface area contributed by atoms with Gasteiger partial charge in [0.15, 0.2) is 12.4 Å². The van der Waals surface area contributed by atoms with E-state index in [4.69, 9.17) is 16.3 Å². The van der Waals surface area contributed by atoms with Gasteiger partial charge >= 0.3 is 0 Å². The highest BCUT2D eigenvalue weighted by molar-refractivity contribution is 6.32. The minimum absolute atomic E-state index is 0.0529. The monoisotopic (exact) mass is 454 g/mol. The van der Waals surface area contributed by atoms with Gasteiger partial charge in [-0.1, -0.05) is 50.6 Å². The number of hydrogen-bond acceptors (Lipinski definition) is 4. The largest absolute Gasteiger partial charge is 0.482 e. The molecule has 32 heavy (non-hydrogen) atoms. The SMILES string of the molecule is CCCNC(=O)COc1ccc(C2C=CC=C3C(=O)N4C(=C32)CC(=O)C4C(C)C)cc1Cl. The number of allylic oxidation sites excluding steroid dienone is 4. The lowest BCUT2D eigenvalue weighted by molar-refractivity contribution is -0.131. The summed E-state index contributed by atoms with van der Waals surface area (Å²) in [6.45, 7) is 6.42. The van der Waals surface area contributed by atoms with Crippen LogP contribution in [0.1, 0.15) is 45.1 Å². The molecule has 2 amide bonds. The summed E-state index contributed by atoms with van der Waals surface area (Å²) in [6.07, 6.45) is 6.85. The fourth-order valence-electron chi connectivity index (χ4n) is 4.64. The molecule has 2 aliphatic heterocycles. The number of amides is 2. The van der Waals surface area contributed by atoms with Crippen LogP contribution in [0.5, 0.6) is 5.75 Å². The predicted octanol–water partition coefficient (Wildman–Crippen LogP) is 3.92. The Labute approximate surface area is 192 Å². The molecule has 0 radical (unpaired) electrons. The summed E-state index contributed by atoms with van der Waals surface area (Å²) in [6, 6.07) is 5.03. The molecule has 0 bridgehead atoms. The lowest BCUT2D eigenvalue weighted by Gasteiger charge is -2.23. The number of Topliss-reactive ketones (excluding diaryl/α,β-unsaturated/α-hetero) is 1. The van der Waals surface area contributed by atoms with E-state index in [9.17, 15) is 14.4 Å². The second kappa shape index (κ2) is 8.94. The number of hydrogen-bond donors (Lipinski definition) is 1. The highest BCUT2D eigenvalue weighted by Crippen LogP contribution is 2.48. The van der Waals surface area contributed by atoms with Crippen LogP contribution >= 0.6 is 11.6 Å². The third-order valence-electron chi connectivity index (χ3n) is 6.05. The molecular weight excluding hydrogens is 428 g/mol. The van der Waals surface area contributed by atoms with Crippen LogP contribution in [-0.2, 0) is 14.4 Å². The van der Waals surface area contributed by atoms with Gasteiger partial charge in [-0.25, -0.2) is 0 Å². The van der Waals surface area contributed by atoms with Gasteiger partial charge in [0, 0.05) is 30.2 Å². The van der Waals surface area contributed by atoms with Crippen LogP contribution in [0, 0.1) is 5.92 Å². The number of ketones is 1. The maximum atomic E-state index is 13.1. The first-order valence-corrected chi connectivity index (χ1v) is 11.4. The highest BCUT2D eigenvalue weighted by Gasteiger charge is 2.50. The molecule has 2 heterocycles. The number of nitrogens with zero attached hydrogens (tertiary/aromatic N) is 1. The molecule has 2 unspecified atom stereocenters. The Morgan fingerprint density at radius 1 is 1.31 bits per heavy atom. The summed E-state index contributed by atoms with van der Waals surface area (Å²) in [4.78, 5) is 39.3. The molecule has 0 aromatic heterocycles. The topological polar surface area (TPSA) is 75.7 Å². The summed E-state index contributed by atoms with van der Waals surface area (Å²) >= 11 is 6.46. The quantitative estimate of drug-likeness (QED) is 0.677. The molecule has 7 heteroatoms. The fraction of sp³-hybridized carbons (Fsp3) is 0.400. The van der Waals surface area contributed by atoms with Crippen molar-refractivity contribution in [2.24, 2.45) is 5.92 Å². The first-order chi connectivity index (χ1) is 15.3. The van der Waals surface area contributed by atoms with Crippen LogP contribution in [-0.4, -0.2) is 41.7 Å². The Kier molecular flexibility index (Phi) is 6.24. The lowest BCUT2D eigenvalue weighted by atomic mass is 9.82. The Hall–Kier alpha value is -2.86. The molecule has 1 N–H and O–H groups in total. The van der Waals surface area contributed by atoms with Gasteiger partial charge < -0.3 is 15.0 Å². The van der Waals surface area contributed by atoms with Crippen molar-refractivity contribution in [2.45, 2.75) is 45.6 Å². The van der Waals surface area contributed by atoms with Gasteiger partial charge in [0.25, 0.3) is 11.8 Å². The molecular formula is C25H27ClN2O4. The van der Waals surface area contributed by atoms with E-state index < -0.39 is 6.04 Å². The van der Waals surface area contributed by atoms with Crippen molar-refractivity contribution in [3.8, 4) is 5.75 Å². The Morgan fingerprint density at radius 2 is 2.09 bits per heavy atom. The Bertz CT molecular complexity index is 1070. The van der Waals surface area contributed by atoms with Crippen molar-refractivity contribution < 1.29 is 19.1 Å². The number of carbonyl (C=O) groups excluding carboxylic acids is 3. The van der Waals surface area contributed by atoms with E-state index in [1.165, 1.54) is 0 Å². The summed E-state index contributed by atoms with van der Waals surface area (Å²) in [7, 11) is 0. The normalized spacial score (nSPS) is 21.8. The van der Waals surface area contributed by atoms with Crippen LogP contribution in [0.4, 0.5) is 0 Å². The van der Waals surface area contributed by atoms with Gasteiger partial charge in [0.05, 0.1) is 11.1 Å². The van der Waals surface area contributed by atoms with Crippen molar-refractivity contribution in [2.75, 3.05) is 13.2 Å². The van der Waals surface area contributed by atoms with Gasteiger partial charge in [-0.05, 0) is 41.7 Å². The molecule has 3 aliphatic rings. The average molecular weight is 455 g/mol. The fourth-order valence-corrected chi connectivity index (χ4v) is 4.89. The zero-order chi connectivity index (χ0) is 23.0. The molecule has 2 atom stereocenters. The van der Waals surface area contributed by atoms with Gasteiger partial charge in [-0.3, -0.25) is 14.4 Å². The highest BCUT2D eigenvalue weighted by atomic mass is 35.5. The lowest BCUT2D eigenvalue weighted by Crippen LogP contribution is -2.39. The van der Waals surface area contributed by atoms with Crippen LogP contribution in [0.2, 0.25) is 5.02 Å². The molecule has 6 nitrogen and oxygen atoms in total. The van der Waals surface area contributed by atoms with E-state index in [1.54, 1.807) is 17.0 Å². The summed E-state index contributed by atoms with van der Waals surface area (Å²) in [5.41, 5.74) is 3.24. The second-order valence-corrected chi connectivity index (χ2v) is 9.05. The van der Waals surface area contributed by atoms with Crippen LogP contribution in [0.3, 0.4) is 0 Å². The molecule has 0 saturated carbocycles. The average Bonchev–Trinajstić information content (AvgIpc) is 3.24. The Morgan fingerprint density at radius 3 is 2.78 bits per heavy atom. The minimum Gasteiger partial charge on any atom is -0.482 e. The van der Waals surface area contributed by atoms with Crippen LogP contribution < -0.4 is 10.1 Å². The van der Waals surface area contributed by atoms with Crippen molar-refractivity contribution in [1.82, 2.24) is 10.2 Å². The molecule has 1 aliphatic carbocycles. The number of benzene rings is 1. The third-order valence-corrected chi connectivity index (χ3v) is 6.34. The van der Waals surface area contributed by atoms with Crippen molar-refractivity contribution in [3.05, 3.63) is 63.9 Å². The van der Waals surface area contributed by atoms with E-state index >= 15 is 0 Å². The zero-order valence-corrected chi connectivity index (χ0v) is 19.2. The second-order valence-electron chi connectivity index (χ2n) is 8.64. The van der Waals surface area contributed by atoms with Gasteiger partial charge in [0.2, 0.25) is 0 Å². The van der Waals surface area contributed by atoms with Crippen molar-refractivity contribution in [3.63, 3.8) is 0 Å².